The van der Waals surface area contributed by atoms with E-state index in [-0.39, 0.29) is 11.3 Å². The maximum absolute atomic E-state index is 12.2. The first-order valence-electron chi connectivity index (χ1n) is 6.70. The van der Waals surface area contributed by atoms with E-state index >= 15 is 0 Å². The van der Waals surface area contributed by atoms with Crippen molar-refractivity contribution in [2.45, 2.75) is 44.9 Å². The van der Waals surface area contributed by atoms with Gasteiger partial charge in [0, 0.05) is 13.0 Å². The van der Waals surface area contributed by atoms with Crippen molar-refractivity contribution in [1.29, 1.82) is 0 Å². The van der Waals surface area contributed by atoms with Crippen molar-refractivity contribution in [3.8, 4) is 0 Å². The Balaban J connectivity index is 1.71. The maximum Gasteiger partial charge on any atom is 0.225 e. The smallest absolute Gasteiger partial charge is 0.225 e. The number of hydrogen-bond acceptors (Lipinski definition) is 2. The molecule has 0 bridgehead atoms. The Morgan fingerprint density at radius 3 is 2.56 bits per heavy atom. The van der Waals surface area contributed by atoms with Crippen LogP contribution in [0.2, 0.25) is 0 Å². The summed E-state index contributed by atoms with van der Waals surface area (Å²) in [6.07, 6.45) is 4.19. The molecule has 1 unspecified atom stereocenters. The normalized spacial score (nSPS) is 26.2. The molecule has 3 nitrogen and oxygen atoms in total. The minimum absolute atomic E-state index is 0.109. The van der Waals surface area contributed by atoms with E-state index < -0.39 is 6.23 Å². The number of likely N-dealkylation sites (tertiary alicyclic amines) is 1. The molecule has 2 aliphatic rings. The molecule has 18 heavy (non-hydrogen) atoms. The van der Waals surface area contributed by atoms with Crippen LogP contribution in [0.3, 0.4) is 0 Å². The lowest BCUT2D eigenvalue weighted by atomic mass is 9.62. The van der Waals surface area contributed by atoms with Gasteiger partial charge in [-0.15, -0.1) is 0 Å². The van der Waals surface area contributed by atoms with Gasteiger partial charge in [-0.2, -0.15) is 0 Å². The molecule has 1 saturated carbocycles. The fourth-order valence-corrected chi connectivity index (χ4v) is 3.19. The quantitative estimate of drug-likeness (QED) is 0.868. The molecule has 0 aromatic heterocycles. The molecule has 1 aromatic carbocycles. The molecule has 1 aromatic rings. The highest BCUT2D eigenvalue weighted by Gasteiger charge is 2.46. The zero-order valence-corrected chi connectivity index (χ0v) is 10.5. The summed E-state index contributed by atoms with van der Waals surface area (Å²) in [5.74, 6) is 0.109. The zero-order valence-electron chi connectivity index (χ0n) is 10.5. The molecule has 1 atom stereocenters. The zero-order chi connectivity index (χ0) is 12.6. The van der Waals surface area contributed by atoms with Crippen LogP contribution in [0.5, 0.6) is 0 Å². The van der Waals surface area contributed by atoms with E-state index in [4.69, 9.17) is 0 Å². The van der Waals surface area contributed by atoms with Crippen molar-refractivity contribution in [3.05, 3.63) is 35.9 Å². The molecule has 1 aliphatic heterocycles. The summed E-state index contributed by atoms with van der Waals surface area (Å²) in [5.41, 5.74) is 1.21. The molecule has 1 heterocycles. The van der Waals surface area contributed by atoms with E-state index in [2.05, 4.69) is 0 Å². The van der Waals surface area contributed by atoms with Crippen LogP contribution in [0, 0.1) is 5.41 Å². The molecule has 3 rings (SSSR count). The van der Waals surface area contributed by atoms with Gasteiger partial charge in [0.05, 0.1) is 0 Å². The standard InChI is InChI=1S/C15H19NO2/c17-13-9-15(7-4-8-15)10-14(18)16(13)11-12-5-2-1-3-6-12/h1-3,5-6,13,17H,4,7-11H2. The second kappa shape index (κ2) is 4.39. The molecule has 1 spiro atoms. The van der Waals surface area contributed by atoms with E-state index in [1.807, 2.05) is 30.3 Å². The molecule has 3 heteroatoms. The number of piperidine rings is 1. The van der Waals surface area contributed by atoms with E-state index in [9.17, 15) is 9.90 Å². The molecule has 1 aliphatic carbocycles. The van der Waals surface area contributed by atoms with E-state index in [1.54, 1.807) is 4.90 Å². The Kier molecular flexibility index (Phi) is 2.86. The molecular weight excluding hydrogens is 226 g/mol. The van der Waals surface area contributed by atoms with Crippen LogP contribution in [-0.4, -0.2) is 22.1 Å². The van der Waals surface area contributed by atoms with Crippen molar-refractivity contribution >= 4 is 5.91 Å². The maximum atomic E-state index is 12.2. The number of aliphatic hydroxyl groups is 1. The van der Waals surface area contributed by atoms with Crippen LogP contribution in [0.25, 0.3) is 0 Å². The largest absolute Gasteiger partial charge is 0.373 e. The number of carbonyl (C=O) groups excluding carboxylic acids is 1. The monoisotopic (exact) mass is 245 g/mol. The second-order valence-corrected chi connectivity index (χ2v) is 5.72. The highest BCUT2D eigenvalue weighted by molar-refractivity contribution is 5.78. The van der Waals surface area contributed by atoms with E-state index in [1.165, 1.54) is 6.42 Å². The topological polar surface area (TPSA) is 40.5 Å². The van der Waals surface area contributed by atoms with Crippen molar-refractivity contribution in [3.63, 3.8) is 0 Å². The van der Waals surface area contributed by atoms with Gasteiger partial charge in [0.15, 0.2) is 0 Å². The minimum Gasteiger partial charge on any atom is -0.373 e. The summed E-state index contributed by atoms with van der Waals surface area (Å²) in [4.78, 5) is 13.8. The third kappa shape index (κ3) is 2.03. The molecule has 1 amide bonds. The minimum atomic E-state index is -0.605. The van der Waals surface area contributed by atoms with Crippen LogP contribution in [-0.2, 0) is 11.3 Å². The van der Waals surface area contributed by atoms with Gasteiger partial charge in [-0.05, 0) is 30.2 Å². The summed E-state index contributed by atoms with van der Waals surface area (Å²) in [5, 5.41) is 10.2. The predicted octanol–water partition coefficient (Wildman–Crippen LogP) is 2.30. The molecule has 0 radical (unpaired) electrons. The summed E-state index contributed by atoms with van der Waals surface area (Å²) >= 11 is 0. The lowest BCUT2D eigenvalue weighted by Gasteiger charge is -2.49. The molecule has 96 valence electrons. The highest BCUT2D eigenvalue weighted by Crippen LogP contribution is 2.50. The fourth-order valence-electron chi connectivity index (χ4n) is 3.19. The van der Waals surface area contributed by atoms with Gasteiger partial charge >= 0.3 is 0 Å². The van der Waals surface area contributed by atoms with Crippen LogP contribution >= 0.6 is 0 Å². The third-order valence-corrected chi connectivity index (χ3v) is 4.43. The third-order valence-electron chi connectivity index (χ3n) is 4.43. The first kappa shape index (κ1) is 11.7. The van der Waals surface area contributed by atoms with Crippen molar-refractivity contribution < 1.29 is 9.90 Å². The van der Waals surface area contributed by atoms with Crippen LogP contribution in [0.15, 0.2) is 30.3 Å². The number of amides is 1. The number of rotatable bonds is 2. The first-order valence-corrected chi connectivity index (χ1v) is 6.70. The van der Waals surface area contributed by atoms with Crippen LogP contribution in [0.1, 0.15) is 37.7 Å². The molecular formula is C15H19NO2. The molecule has 1 N–H and O–H groups in total. The van der Waals surface area contributed by atoms with Gasteiger partial charge in [0.25, 0.3) is 0 Å². The summed E-state index contributed by atoms with van der Waals surface area (Å²) < 4.78 is 0. The van der Waals surface area contributed by atoms with Crippen LogP contribution < -0.4 is 0 Å². The number of carbonyl (C=O) groups is 1. The molecule has 1 saturated heterocycles. The first-order chi connectivity index (χ1) is 8.69. The summed E-state index contributed by atoms with van der Waals surface area (Å²) in [7, 11) is 0. The summed E-state index contributed by atoms with van der Waals surface area (Å²) in [6.45, 7) is 0.525. The van der Waals surface area contributed by atoms with Gasteiger partial charge in [-0.3, -0.25) is 4.79 Å². The van der Waals surface area contributed by atoms with Gasteiger partial charge in [0.2, 0.25) is 5.91 Å². The Bertz CT molecular complexity index is 439. The van der Waals surface area contributed by atoms with Gasteiger partial charge in [-0.1, -0.05) is 36.8 Å². The van der Waals surface area contributed by atoms with E-state index in [0.29, 0.717) is 13.0 Å². The van der Waals surface area contributed by atoms with Crippen LogP contribution in [0.4, 0.5) is 0 Å². The Hall–Kier alpha value is -1.35. The van der Waals surface area contributed by atoms with Gasteiger partial charge < -0.3 is 10.0 Å². The average Bonchev–Trinajstić information content (AvgIpc) is 2.33. The second-order valence-electron chi connectivity index (χ2n) is 5.72. The van der Waals surface area contributed by atoms with Crippen molar-refractivity contribution in [2.75, 3.05) is 0 Å². The number of aliphatic hydroxyl groups excluding tert-OH is 1. The Morgan fingerprint density at radius 2 is 2.00 bits per heavy atom. The number of hydrogen-bond donors (Lipinski definition) is 1. The lowest BCUT2D eigenvalue weighted by molar-refractivity contribution is -0.163. The highest BCUT2D eigenvalue weighted by atomic mass is 16.3. The van der Waals surface area contributed by atoms with E-state index in [0.717, 1.165) is 24.8 Å². The van der Waals surface area contributed by atoms with Crippen molar-refractivity contribution in [1.82, 2.24) is 4.90 Å². The Labute approximate surface area is 107 Å². The predicted molar refractivity (Wildman–Crippen MR) is 68.5 cm³/mol. The number of nitrogens with zero attached hydrogens (tertiary/aromatic N) is 1. The average molecular weight is 245 g/mol. The fraction of sp³-hybridized carbons (Fsp3) is 0.533. The van der Waals surface area contributed by atoms with Gasteiger partial charge in [-0.25, -0.2) is 0 Å². The SMILES string of the molecule is O=C1CC2(CCC2)CC(O)N1Cc1ccccc1. The van der Waals surface area contributed by atoms with Gasteiger partial charge in [0.1, 0.15) is 6.23 Å². The molecule has 2 fully saturated rings. The number of benzene rings is 1. The lowest BCUT2D eigenvalue weighted by Crippen LogP contribution is -2.52. The summed E-state index contributed by atoms with van der Waals surface area (Å²) in [6, 6.07) is 9.87. The Morgan fingerprint density at radius 1 is 1.28 bits per heavy atom. The van der Waals surface area contributed by atoms with Crippen molar-refractivity contribution in [2.24, 2.45) is 5.41 Å².